The highest BCUT2D eigenvalue weighted by molar-refractivity contribution is 7.90. The maximum Gasteiger partial charge on any atom is 0.175 e. The van der Waals surface area contributed by atoms with Gasteiger partial charge in [-0.1, -0.05) is 18.2 Å². The van der Waals surface area contributed by atoms with Gasteiger partial charge in [0.15, 0.2) is 9.84 Å². The van der Waals surface area contributed by atoms with E-state index in [0.29, 0.717) is 4.90 Å². The van der Waals surface area contributed by atoms with Crippen molar-refractivity contribution in [1.29, 1.82) is 5.26 Å². The molecule has 1 heterocycles. The molecule has 0 saturated heterocycles. The smallest absolute Gasteiger partial charge is 0.175 e. The van der Waals surface area contributed by atoms with Gasteiger partial charge >= 0.3 is 0 Å². The monoisotopic (exact) mass is 298 g/mol. The first-order chi connectivity index (χ1) is 9.94. The van der Waals surface area contributed by atoms with Crippen LogP contribution in [-0.2, 0) is 15.3 Å². The second-order valence-corrected chi connectivity index (χ2v) is 7.44. The van der Waals surface area contributed by atoms with Crippen LogP contribution < -0.4 is 0 Å². The number of nitrogens with zero attached hydrogens (tertiary/aromatic N) is 2. The Morgan fingerprint density at radius 3 is 2.24 bits per heavy atom. The number of sulfone groups is 1. The highest BCUT2D eigenvalue weighted by atomic mass is 32.2. The summed E-state index contributed by atoms with van der Waals surface area (Å²) in [6.45, 7) is 0. The van der Waals surface area contributed by atoms with Gasteiger partial charge < -0.3 is 0 Å². The van der Waals surface area contributed by atoms with Crippen LogP contribution in [0, 0.1) is 11.3 Å². The Morgan fingerprint density at radius 1 is 1.14 bits per heavy atom. The first-order valence-electron chi connectivity index (χ1n) is 6.63. The Labute approximate surface area is 124 Å². The molecular weight excluding hydrogens is 284 g/mol. The lowest BCUT2D eigenvalue weighted by Crippen LogP contribution is -2.03. The number of rotatable bonds is 3. The van der Waals surface area contributed by atoms with Gasteiger partial charge in [-0.15, -0.1) is 0 Å². The van der Waals surface area contributed by atoms with Crippen molar-refractivity contribution >= 4 is 9.84 Å². The zero-order valence-electron chi connectivity index (χ0n) is 11.6. The minimum absolute atomic E-state index is 0.296. The second-order valence-electron chi connectivity index (χ2n) is 5.42. The first-order valence-corrected chi connectivity index (χ1v) is 8.52. The van der Waals surface area contributed by atoms with E-state index in [-0.39, 0.29) is 5.41 Å². The van der Waals surface area contributed by atoms with Crippen molar-refractivity contribution < 1.29 is 8.42 Å². The highest BCUT2D eigenvalue weighted by Crippen LogP contribution is 2.47. The number of hydrogen-bond acceptors (Lipinski definition) is 4. The van der Waals surface area contributed by atoms with Crippen molar-refractivity contribution in [1.82, 2.24) is 4.98 Å². The van der Waals surface area contributed by atoms with Gasteiger partial charge in [0.1, 0.15) is 0 Å². The average molecular weight is 298 g/mol. The zero-order chi connectivity index (χ0) is 15.1. The summed E-state index contributed by atoms with van der Waals surface area (Å²) in [5.74, 6) is 0. The molecule has 0 unspecified atom stereocenters. The maximum absolute atomic E-state index is 11.4. The van der Waals surface area contributed by atoms with Crippen molar-refractivity contribution in [3.63, 3.8) is 0 Å². The third-order valence-electron chi connectivity index (χ3n) is 3.86. The SMILES string of the molecule is CS(=O)(=O)c1ccc(-c2ccc(C3(C#N)CC3)cn2)cc1. The Kier molecular flexibility index (Phi) is 3.07. The lowest BCUT2D eigenvalue weighted by atomic mass is 9.99. The normalized spacial score (nSPS) is 16.2. The van der Waals surface area contributed by atoms with Crippen LogP contribution >= 0.6 is 0 Å². The maximum atomic E-state index is 11.4. The summed E-state index contributed by atoms with van der Waals surface area (Å²) in [4.78, 5) is 4.69. The topological polar surface area (TPSA) is 70.8 Å². The molecule has 1 aromatic carbocycles. The van der Waals surface area contributed by atoms with Crippen LogP contribution in [0.15, 0.2) is 47.5 Å². The summed E-state index contributed by atoms with van der Waals surface area (Å²) in [5, 5.41) is 9.17. The summed E-state index contributed by atoms with van der Waals surface area (Å²) in [6.07, 6.45) is 4.73. The van der Waals surface area contributed by atoms with E-state index in [2.05, 4.69) is 11.1 Å². The van der Waals surface area contributed by atoms with Crippen LogP contribution in [0.1, 0.15) is 18.4 Å². The van der Waals surface area contributed by atoms with Gasteiger partial charge in [-0.3, -0.25) is 4.98 Å². The van der Waals surface area contributed by atoms with E-state index < -0.39 is 9.84 Å². The lowest BCUT2D eigenvalue weighted by molar-refractivity contribution is 0.602. The molecule has 3 rings (SSSR count). The van der Waals surface area contributed by atoms with Gasteiger partial charge in [0.25, 0.3) is 0 Å². The Hall–Kier alpha value is -2.19. The van der Waals surface area contributed by atoms with Crippen LogP contribution in [0.3, 0.4) is 0 Å². The molecule has 0 atom stereocenters. The summed E-state index contributed by atoms with van der Waals surface area (Å²) >= 11 is 0. The van der Waals surface area contributed by atoms with E-state index in [4.69, 9.17) is 5.26 Å². The molecule has 0 bridgehead atoms. The van der Waals surface area contributed by atoms with E-state index >= 15 is 0 Å². The zero-order valence-corrected chi connectivity index (χ0v) is 12.4. The molecule has 1 aliphatic rings. The van der Waals surface area contributed by atoms with Crippen molar-refractivity contribution in [3.05, 3.63) is 48.2 Å². The molecule has 4 nitrogen and oxygen atoms in total. The molecule has 106 valence electrons. The molecule has 2 aromatic rings. The molecule has 0 N–H and O–H groups in total. The molecule has 5 heteroatoms. The fourth-order valence-corrected chi connectivity index (χ4v) is 2.94. The number of benzene rings is 1. The number of pyridine rings is 1. The Balaban J connectivity index is 1.90. The Bertz CT molecular complexity index is 812. The predicted octanol–water partition coefficient (Wildman–Crippen LogP) is 2.71. The molecule has 1 aromatic heterocycles. The van der Waals surface area contributed by atoms with Crippen LogP contribution in [0.4, 0.5) is 0 Å². The summed E-state index contributed by atoms with van der Waals surface area (Å²) in [6, 6.07) is 12.8. The third-order valence-corrected chi connectivity index (χ3v) is 4.99. The first kappa shape index (κ1) is 13.8. The van der Waals surface area contributed by atoms with Gasteiger partial charge in [-0.2, -0.15) is 5.26 Å². The van der Waals surface area contributed by atoms with Crippen LogP contribution in [0.5, 0.6) is 0 Å². The minimum atomic E-state index is -3.18. The van der Waals surface area contributed by atoms with Gasteiger partial charge in [0.2, 0.25) is 0 Å². The fourth-order valence-electron chi connectivity index (χ4n) is 2.31. The summed E-state index contributed by atoms with van der Waals surface area (Å²) < 4.78 is 22.9. The number of aromatic nitrogens is 1. The molecule has 0 aliphatic heterocycles. The second kappa shape index (κ2) is 4.68. The highest BCUT2D eigenvalue weighted by Gasteiger charge is 2.45. The van der Waals surface area contributed by atoms with Crippen LogP contribution in [-0.4, -0.2) is 19.7 Å². The van der Waals surface area contributed by atoms with Crippen molar-refractivity contribution in [2.24, 2.45) is 0 Å². The Morgan fingerprint density at radius 2 is 1.81 bits per heavy atom. The van der Waals surface area contributed by atoms with E-state index in [0.717, 1.165) is 29.7 Å². The van der Waals surface area contributed by atoms with E-state index in [1.807, 2.05) is 12.1 Å². The van der Waals surface area contributed by atoms with Crippen molar-refractivity contribution in [2.75, 3.05) is 6.26 Å². The van der Waals surface area contributed by atoms with E-state index in [1.54, 1.807) is 30.5 Å². The van der Waals surface area contributed by atoms with Gasteiger partial charge in [0.05, 0.1) is 22.1 Å². The lowest BCUT2D eigenvalue weighted by Gasteiger charge is -2.07. The molecule has 0 spiro atoms. The number of hydrogen-bond donors (Lipinski definition) is 0. The molecule has 0 amide bonds. The van der Waals surface area contributed by atoms with Crippen LogP contribution in [0.25, 0.3) is 11.3 Å². The molecule has 1 aliphatic carbocycles. The molecular formula is C16H14N2O2S. The van der Waals surface area contributed by atoms with Crippen LogP contribution in [0.2, 0.25) is 0 Å². The van der Waals surface area contributed by atoms with Gasteiger partial charge in [-0.25, -0.2) is 8.42 Å². The van der Waals surface area contributed by atoms with Gasteiger partial charge in [0, 0.05) is 18.0 Å². The molecule has 1 saturated carbocycles. The largest absolute Gasteiger partial charge is 0.256 e. The summed E-state index contributed by atoms with van der Waals surface area (Å²) in [7, 11) is -3.18. The molecule has 21 heavy (non-hydrogen) atoms. The predicted molar refractivity (Wildman–Crippen MR) is 79.3 cm³/mol. The van der Waals surface area contributed by atoms with E-state index in [1.165, 1.54) is 6.26 Å². The van der Waals surface area contributed by atoms with Gasteiger partial charge in [-0.05, 0) is 36.6 Å². The van der Waals surface area contributed by atoms with Crippen molar-refractivity contribution in [3.8, 4) is 17.3 Å². The molecule has 1 fully saturated rings. The summed E-state index contributed by atoms with van der Waals surface area (Å²) in [5.41, 5.74) is 2.26. The molecule has 0 radical (unpaired) electrons. The fraction of sp³-hybridized carbons (Fsp3) is 0.250. The quantitative estimate of drug-likeness (QED) is 0.873. The number of nitriles is 1. The third kappa shape index (κ3) is 2.55. The standard InChI is InChI=1S/C16H14N2O2S/c1-21(19,20)14-5-2-12(3-6-14)15-7-4-13(10-18-15)16(11-17)8-9-16/h2-7,10H,8-9H2,1H3. The minimum Gasteiger partial charge on any atom is -0.256 e. The van der Waals surface area contributed by atoms with E-state index in [9.17, 15) is 8.42 Å². The van der Waals surface area contributed by atoms with Crippen molar-refractivity contribution in [2.45, 2.75) is 23.2 Å². The average Bonchev–Trinajstić information content (AvgIpc) is 3.28.